The number of nitrogens with zero attached hydrogens (tertiary/aromatic N) is 1. The Hall–Kier alpha value is -1.84. The third-order valence-electron chi connectivity index (χ3n) is 2.87. The van der Waals surface area contributed by atoms with Gasteiger partial charge in [-0.15, -0.1) is 0 Å². The fraction of sp³-hybridized carbons (Fsp3) is 0.308. The summed E-state index contributed by atoms with van der Waals surface area (Å²) in [6.07, 6.45) is 0. The lowest BCUT2D eigenvalue weighted by Gasteiger charge is -2.08. The van der Waals surface area contributed by atoms with Crippen molar-refractivity contribution >= 4 is 5.82 Å². The molecule has 2 aromatic rings. The van der Waals surface area contributed by atoms with Gasteiger partial charge in [0, 0.05) is 11.1 Å². The van der Waals surface area contributed by atoms with Gasteiger partial charge in [-0.3, -0.25) is 5.10 Å². The minimum absolute atomic E-state index is 0.217. The summed E-state index contributed by atoms with van der Waals surface area (Å²) >= 11 is 0. The fourth-order valence-corrected chi connectivity index (χ4v) is 1.92. The van der Waals surface area contributed by atoms with Gasteiger partial charge in [0.15, 0.2) is 0 Å². The Morgan fingerprint density at radius 3 is 2.65 bits per heavy atom. The van der Waals surface area contributed by atoms with Crippen molar-refractivity contribution in [2.75, 3.05) is 5.73 Å². The highest BCUT2D eigenvalue weighted by Gasteiger charge is 2.16. The number of rotatable bonds is 2. The summed E-state index contributed by atoms with van der Waals surface area (Å²) in [5, 5.41) is 6.87. The molecule has 0 bridgehead atoms. The maximum absolute atomic E-state index is 13.5. The minimum atomic E-state index is -0.217. The first-order valence-corrected chi connectivity index (χ1v) is 5.61. The molecule has 90 valence electrons. The van der Waals surface area contributed by atoms with Gasteiger partial charge in [-0.2, -0.15) is 5.10 Å². The molecular formula is C13H16FN3. The number of nitrogens with two attached hydrogens (primary N) is 1. The zero-order valence-corrected chi connectivity index (χ0v) is 10.2. The normalized spacial score (nSPS) is 11.1. The zero-order valence-electron chi connectivity index (χ0n) is 10.2. The van der Waals surface area contributed by atoms with E-state index in [-0.39, 0.29) is 11.7 Å². The van der Waals surface area contributed by atoms with Crippen LogP contribution in [-0.4, -0.2) is 10.2 Å². The van der Waals surface area contributed by atoms with Crippen LogP contribution in [0.1, 0.15) is 30.9 Å². The summed E-state index contributed by atoms with van der Waals surface area (Å²) in [6, 6.07) is 5.14. The van der Waals surface area contributed by atoms with E-state index in [2.05, 4.69) is 10.2 Å². The van der Waals surface area contributed by atoms with Crippen LogP contribution < -0.4 is 5.73 Å². The molecule has 0 amide bonds. The summed E-state index contributed by atoms with van der Waals surface area (Å²) in [7, 11) is 0. The number of nitrogens with one attached hydrogen (secondary N) is 1. The molecule has 4 heteroatoms. The predicted octanol–water partition coefficient (Wildman–Crippen LogP) is 3.23. The number of benzene rings is 1. The molecule has 0 radical (unpaired) electrons. The summed E-state index contributed by atoms with van der Waals surface area (Å²) < 4.78 is 13.5. The first-order valence-electron chi connectivity index (χ1n) is 5.61. The van der Waals surface area contributed by atoms with Gasteiger partial charge in [0.05, 0.1) is 5.69 Å². The second kappa shape index (κ2) is 4.20. The van der Waals surface area contributed by atoms with Crippen molar-refractivity contribution in [1.82, 2.24) is 10.2 Å². The second-order valence-corrected chi connectivity index (χ2v) is 4.52. The van der Waals surface area contributed by atoms with E-state index < -0.39 is 0 Å². The monoisotopic (exact) mass is 233 g/mol. The van der Waals surface area contributed by atoms with Crippen LogP contribution in [0.25, 0.3) is 11.3 Å². The molecule has 1 heterocycles. The second-order valence-electron chi connectivity index (χ2n) is 4.52. The van der Waals surface area contributed by atoms with Gasteiger partial charge >= 0.3 is 0 Å². The van der Waals surface area contributed by atoms with E-state index in [4.69, 9.17) is 5.73 Å². The van der Waals surface area contributed by atoms with Crippen molar-refractivity contribution < 1.29 is 4.39 Å². The summed E-state index contributed by atoms with van der Waals surface area (Å²) in [5.41, 5.74) is 8.96. The van der Waals surface area contributed by atoms with Gasteiger partial charge in [0.2, 0.25) is 0 Å². The molecule has 0 spiro atoms. The van der Waals surface area contributed by atoms with Crippen LogP contribution in [0.4, 0.5) is 10.2 Å². The molecular weight excluding hydrogens is 217 g/mol. The van der Waals surface area contributed by atoms with Crippen molar-refractivity contribution in [2.24, 2.45) is 0 Å². The van der Waals surface area contributed by atoms with E-state index in [0.717, 1.165) is 16.8 Å². The van der Waals surface area contributed by atoms with E-state index in [1.54, 1.807) is 13.0 Å². The Balaban J connectivity index is 2.56. The largest absolute Gasteiger partial charge is 0.382 e. The molecule has 0 saturated carbocycles. The number of aromatic nitrogens is 2. The number of aryl methyl sites for hydroxylation is 1. The molecule has 0 saturated heterocycles. The quantitative estimate of drug-likeness (QED) is 0.836. The van der Waals surface area contributed by atoms with Crippen molar-refractivity contribution in [3.05, 3.63) is 35.1 Å². The summed E-state index contributed by atoms with van der Waals surface area (Å²) in [6.45, 7) is 5.81. The average Bonchev–Trinajstić information content (AvgIpc) is 2.64. The Labute approximate surface area is 99.9 Å². The lowest BCUT2D eigenvalue weighted by Crippen LogP contribution is -1.95. The number of H-pyrrole nitrogens is 1. The van der Waals surface area contributed by atoms with E-state index in [1.165, 1.54) is 6.07 Å². The molecule has 0 aliphatic rings. The molecule has 3 N–H and O–H groups in total. The number of hydrogen-bond donors (Lipinski definition) is 2. The Morgan fingerprint density at radius 2 is 2.06 bits per heavy atom. The Morgan fingerprint density at radius 1 is 1.35 bits per heavy atom. The highest BCUT2D eigenvalue weighted by Crippen LogP contribution is 2.31. The van der Waals surface area contributed by atoms with Crippen molar-refractivity contribution in [1.29, 1.82) is 0 Å². The van der Waals surface area contributed by atoms with Crippen LogP contribution in [-0.2, 0) is 0 Å². The first kappa shape index (κ1) is 11.6. The molecule has 0 atom stereocenters. The van der Waals surface area contributed by atoms with Crippen LogP contribution >= 0.6 is 0 Å². The maximum atomic E-state index is 13.5. The van der Waals surface area contributed by atoms with Crippen LogP contribution in [0.15, 0.2) is 18.2 Å². The number of halogens is 1. The number of anilines is 1. The lowest BCUT2D eigenvalue weighted by molar-refractivity contribution is 0.619. The van der Waals surface area contributed by atoms with E-state index >= 15 is 0 Å². The molecule has 1 aromatic heterocycles. The highest BCUT2D eigenvalue weighted by atomic mass is 19.1. The SMILES string of the molecule is Cc1ccc(-c2[nH]nc(N)c2C(C)C)cc1F. The van der Waals surface area contributed by atoms with E-state index in [1.807, 2.05) is 19.9 Å². The molecule has 0 fully saturated rings. The summed E-state index contributed by atoms with van der Waals surface area (Å²) in [4.78, 5) is 0. The minimum Gasteiger partial charge on any atom is -0.382 e. The van der Waals surface area contributed by atoms with Gasteiger partial charge in [-0.1, -0.05) is 26.0 Å². The molecule has 3 nitrogen and oxygen atoms in total. The summed E-state index contributed by atoms with van der Waals surface area (Å²) in [5.74, 6) is 0.509. The van der Waals surface area contributed by atoms with Gasteiger partial charge in [-0.25, -0.2) is 4.39 Å². The van der Waals surface area contributed by atoms with Gasteiger partial charge in [0.25, 0.3) is 0 Å². The van der Waals surface area contributed by atoms with Crippen LogP contribution in [0.5, 0.6) is 0 Å². The third-order valence-corrected chi connectivity index (χ3v) is 2.87. The Bertz CT molecular complexity index is 544. The predicted molar refractivity (Wildman–Crippen MR) is 67.2 cm³/mol. The maximum Gasteiger partial charge on any atom is 0.149 e. The van der Waals surface area contributed by atoms with Crippen LogP contribution in [0, 0.1) is 12.7 Å². The van der Waals surface area contributed by atoms with Crippen molar-refractivity contribution in [3.8, 4) is 11.3 Å². The molecule has 17 heavy (non-hydrogen) atoms. The van der Waals surface area contributed by atoms with Gasteiger partial charge in [-0.05, 0) is 24.5 Å². The van der Waals surface area contributed by atoms with E-state index in [0.29, 0.717) is 11.4 Å². The Kier molecular flexibility index (Phi) is 2.88. The lowest BCUT2D eigenvalue weighted by atomic mass is 9.98. The number of hydrogen-bond acceptors (Lipinski definition) is 2. The smallest absolute Gasteiger partial charge is 0.149 e. The van der Waals surface area contributed by atoms with Crippen molar-refractivity contribution in [2.45, 2.75) is 26.7 Å². The van der Waals surface area contributed by atoms with E-state index in [9.17, 15) is 4.39 Å². The topological polar surface area (TPSA) is 54.7 Å². The third kappa shape index (κ3) is 2.02. The average molecular weight is 233 g/mol. The zero-order chi connectivity index (χ0) is 12.6. The first-order chi connectivity index (χ1) is 8.00. The fourth-order valence-electron chi connectivity index (χ4n) is 1.92. The van der Waals surface area contributed by atoms with Crippen LogP contribution in [0.2, 0.25) is 0 Å². The van der Waals surface area contributed by atoms with Gasteiger partial charge < -0.3 is 5.73 Å². The number of nitrogen functional groups attached to an aromatic ring is 1. The molecule has 2 rings (SSSR count). The molecule has 0 aliphatic carbocycles. The standard InChI is InChI=1S/C13H16FN3/c1-7(2)11-12(16-17-13(11)15)9-5-4-8(3)10(14)6-9/h4-7H,1-3H3,(H3,15,16,17). The van der Waals surface area contributed by atoms with Crippen LogP contribution in [0.3, 0.4) is 0 Å². The molecule has 0 aliphatic heterocycles. The van der Waals surface area contributed by atoms with Crippen molar-refractivity contribution in [3.63, 3.8) is 0 Å². The van der Waals surface area contributed by atoms with Gasteiger partial charge in [0.1, 0.15) is 11.6 Å². The number of aromatic amines is 1. The molecule has 1 aromatic carbocycles. The molecule has 0 unspecified atom stereocenters. The highest BCUT2D eigenvalue weighted by molar-refractivity contribution is 5.69.